The second-order valence-electron chi connectivity index (χ2n) is 26.4. The van der Waals surface area contributed by atoms with Gasteiger partial charge in [0, 0.05) is 6.42 Å². The molecule has 2 heterocycles. The topological polar surface area (TPSA) is 228 Å². The molecule has 14 nitrogen and oxygen atoms in total. The molecule has 518 valence electrons. The summed E-state index contributed by atoms with van der Waals surface area (Å²) in [6.45, 7) is 2.84. The number of rotatable bonds is 62. The van der Waals surface area contributed by atoms with Crippen LogP contribution in [0.5, 0.6) is 0 Å². The van der Waals surface area contributed by atoms with Crippen LogP contribution < -0.4 is 5.32 Å². The van der Waals surface area contributed by atoms with Gasteiger partial charge in [0.1, 0.15) is 48.8 Å². The number of aliphatic hydroxyl groups is 8. The van der Waals surface area contributed by atoms with Crippen LogP contribution in [-0.4, -0.2) is 140 Å². The Morgan fingerprint density at radius 1 is 0.409 bits per heavy atom. The predicted molar refractivity (Wildman–Crippen MR) is 360 cm³/mol. The van der Waals surface area contributed by atoms with E-state index in [-0.39, 0.29) is 18.9 Å². The highest BCUT2D eigenvalue weighted by Gasteiger charge is 2.51. The summed E-state index contributed by atoms with van der Waals surface area (Å²) in [5, 5.41) is 87.5. The highest BCUT2D eigenvalue weighted by atomic mass is 16.7. The smallest absolute Gasteiger partial charge is 0.220 e. The lowest BCUT2D eigenvalue weighted by Gasteiger charge is -2.46. The Balaban J connectivity index is 1.63. The molecule has 0 aromatic heterocycles. The van der Waals surface area contributed by atoms with E-state index in [1.54, 1.807) is 6.08 Å². The molecule has 2 fully saturated rings. The number of carbonyl (C=O) groups is 1. The van der Waals surface area contributed by atoms with Crippen molar-refractivity contribution in [2.45, 2.75) is 408 Å². The molecule has 0 spiro atoms. The Kier molecular flexibility index (Phi) is 55.2. The quantitative estimate of drug-likeness (QED) is 0.0204. The van der Waals surface area contributed by atoms with E-state index in [9.17, 15) is 45.6 Å². The van der Waals surface area contributed by atoms with Crippen LogP contribution in [0, 0.1) is 0 Å². The Hall–Kier alpha value is -1.79. The van der Waals surface area contributed by atoms with Gasteiger partial charge in [0.15, 0.2) is 12.6 Å². The van der Waals surface area contributed by atoms with Gasteiger partial charge in [-0.3, -0.25) is 4.79 Å². The standard InChI is InChI=1S/C74H139NO13/c1-3-5-7-9-11-13-15-17-19-21-23-25-26-27-28-29-30-31-32-33-34-35-36-38-40-42-44-46-48-50-52-54-56-58-66(79)75-62(63(78)57-55-53-51-49-47-45-43-41-39-37-24-22-20-18-16-14-12-10-8-6-4-2)61-85-73-71(84)69(82)72(65(60-77)87-73)88-74-70(83)68(81)67(80)64(59-76)86-74/h15,17,21,23,55,57,62-65,67-74,76-78,80-84H,3-14,16,18-20,22,24-54,56,58-61H2,1-2H3,(H,75,79)/b17-15-,23-21-,57-55+. The Morgan fingerprint density at radius 3 is 1.14 bits per heavy atom. The van der Waals surface area contributed by atoms with Crippen LogP contribution in [0.3, 0.4) is 0 Å². The van der Waals surface area contributed by atoms with Crippen LogP contribution in [-0.2, 0) is 23.7 Å². The number of allylic oxidation sites excluding steroid dienone is 5. The first-order chi connectivity index (χ1) is 43.1. The van der Waals surface area contributed by atoms with E-state index >= 15 is 0 Å². The van der Waals surface area contributed by atoms with Crippen LogP contribution in [0.15, 0.2) is 36.5 Å². The van der Waals surface area contributed by atoms with E-state index in [2.05, 4.69) is 43.5 Å². The Labute approximate surface area is 538 Å². The number of aliphatic hydroxyl groups excluding tert-OH is 8. The van der Waals surface area contributed by atoms with Gasteiger partial charge in [-0.2, -0.15) is 0 Å². The highest BCUT2D eigenvalue weighted by Crippen LogP contribution is 2.30. The highest BCUT2D eigenvalue weighted by molar-refractivity contribution is 5.76. The average molecular weight is 1250 g/mol. The molecular formula is C74H139NO13. The van der Waals surface area contributed by atoms with E-state index in [1.165, 1.54) is 263 Å². The van der Waals surface area contributed by atoms with Crippen LogP contribution in [0.1, 0.15) is 335 Å². The lowest BCUT2D eigenvalue weighted by molar-refractivity contribution is -0.359. The minimum Gasteiger partial charge on any atom is -0.394 e. The van der Waals surface area contributed by atoms with E-state index in [4.69, 9.17) is 18.9 Å². The zero-order valence-electron chi connectivity index (χ0n) is 56.5. The van der Waals surface area contributed by atoms with Crippen molar-refractivity contribution >= 4 is 5.91 Å². The molecule has 0 aromatic rings. The normalized spacial score (nSPS) is 23.3. The molecular weight excluding hydrogens is 1110 g/mol. The van der Waals surface area contributed by atoms with Crippen LogP contribution in [0.4, 0.5) is 0 Å². The van der Waals surface area contributed by atoms with Crippen molar-refractivity contribution in [1.82, 2.24) is 5.32 Å². The van der Waals surface area contributed by atoms with Crippen LogP contribution in [0.2, 0.25) is 0 Å². The zero-order valence-corrected chi connectivity index (χ0v) is 56.5. The maximum atomic E-state index is 13.3. The largest absolute Gasteiger partial charge is 0.394 e. The van der Waals surface area contributed by atoms with Gasteiger partial charge in [-0.25, -0.2) is 0 Å². The van der Waals surface area contributed by atoms with Crippen molar-refractivity contribution in [3.8, 4) is 0 Å². The zero-order chi connectivity index (χ0) is 63.8. The summed E-state index contributed by atoms with van der Waals surface area (Å²) in [6.07, 6.45) is 59.2. The molecule has 2 aliphatic heterocycles. The minimum atomic E-state index is -1.79. The third-order valence-electron chi connectivity index (χ3n) is 18.3. The number of hydrogen-bond donors (Lipinski definition) is 9. The second kappa shape index (κ2) is 59.0. The molecule has 0 saturated carbocycles. The second-order valence-corrected chi connectivity index (χ2v) is 26.4. The first-order valence-electron chi connectivity index (χ1n) is 37.2. The number of carbonyl (C=O) groups excluding carboxylic acids is 1. The minimum absolute atomic E-state index is 0.232. The summed E-state index contributed by atoms with van der Waals surface area (Å²) in [4.78, 5) is 13.3. The van der Waals surface area contributed by atoms with Crippen molar-refractivity contribution in [2.24, 2.45) is 0 Å². The fraction of sp³-hybridized carbons (Fsp3) is 0.905. The summed E-state index contributed by atoms with van der Waals surface area (Å²) in [5.41, 5.74) is 0. The van der Waals surface area contributed by atoms with Crippen molar-refractivity contribution in [3.63, 3.8) is 0 Å². The SMILES string of the molecule is CCCCCCC/C=C\C/C=C\CCCCCCCCCCCCCCCCCCCCCCCC(=O)NC(COC1OC(CO)C(OC2OC(CO)C(O)C(O)C2O)C(O)C1O)C(O)/C=C/CCCCCCCCCCCCCCCCCCCCC. The van der Waals surface area contributed by atoms with E-state index in [0.29, 0.717) is 6.42 Å². The molecule has 12 atom stereocenters. The lowest BCUT2D eigenvalue weighted by Crippen LogP contribution is -2.65. The van der Waals surface area contributed by atoms with Gasteiger partial charge in [0.2, 0.25) is 5.91 Å². The van der Waals surface area contributed by atoms with E-state index in [1.807, 2.05) is 6.08 Å². The number of amides is 1. The molecule has 1 amide bonds. The molecule has 14 heteroatoms. The number of hydrogen-bond acceptors (Lipinski definition) is 13. The third-order valence-corrected chi connectivity index (χ3v) is 18.3. The van der Waals surface area contributed by atoms with E-state index in [0.717, 1.165) is 44.9 Å². The molecule has 2 rings (SSSR count). The maximum Gasteiger partial charge on any atom is 0.220 e. The molecule has 0 aromatic carbocycles. The summed E-state index contributed by atoms with van der Waals surface area (Å²) in [7, 11) is 0. The van der Waals surface area contributed by atoms with Gasteiger partial charge in [-0.15, -0.1) is 0 Å². The van der Waals surface area contributed by atoms with Crippen LogP contribution in [0.25, 0.3) is 0 Å². The van der Waals surface area contributed by atoms with Gasteiger partial charge >= 0.3 is 0 Å². The fourth-order valence-electron chi connectivity index (χ4n) is 12.4. The molecule has 0 radical (unpaired) electrons. The predicted octanol–water partition coefficient (Wildman–Crippen LogP) is 15.7. The third kappa shape index (κ3) is 42.4. The molecule has 0 aliphatic carbocycles. The van der Waals surface area contributed by atoms with Gasteiger partial charge in [-0.05, 0) is 51.4 Å². The summed E-state index contributed by atoms with van der Waals surface area (Å²) < 4.78 is 22.9. The Morgan fingerprint density at radius 2 is 0.750 bits per heavy atom. The van der Waals surface area contributed by atoms with Gasteiger partial charge in [0.25, 0.3) is 0 Å². The van der Waals surface area contributed by atoms with Gasteiger partial charge in [0.05, 0.1) is 32.0 Å². The lowest BCUT2D eigenvalue weighted by atomic mass is 9.97. The molecule has 2 aliphatic rings. The summed E-state index contributed by atoms with van der Waals surface area (Å²) >= 11 is 0. The first kappa shape index (κ1) is 82.3. The summed E-state index contributed by atoms with van der Waals surface area (Å²) in [6, 6.07) is -0.914. The van der Waals surface area contributed by atoms with Crippen LogP contribution >= 0.6 is 0 Å². The van der Waals surface area contributed by atoms with E-state index < -0.39 is 86.8 Å². The number of ether oxygens (including phenoxy) is 4. The first-order valence-corrected chi connectivity index (χ1v) is 37.2. The Bertz CT molecular complexity index is 1620. The van der Waals surface area contributed by atoms with Crippen molar-refractivity contribution < 1.29 is 64.6 Å². The molecule has 2 saturated heterocycles. The van der Waals surface area contributed by atoms with Gasteiger partial charge in [-0.1, -0.05) is 314 Å². The molecule has 9 N–H and O–H groups in total. The van der Waals surface area contributed by atoms with Crippen molar-refractivity contribution in [1.29, 1.82) is 0 Å². The number of unbranched alkanes of at least 4 members (excludes halogenated alkanes) is 45. The fourth-order valence-corrected chi connectivity index (χ4v) is 12.4. The number of nitrogens with one attached hydrogen (secondary N) is 1. The average Bonchev–Trinajstić information content (AvgIpc) is 2.07. The van der Waals surface area contributed by atoms with Crippen molar-refractivity contribution in [2.75, 3.05) is 19.8 Å². The van der Waals surface area contributed by atoms with Crippen molar-refractivity contribution in [3.05, 3.63) is 36.5 Å². The maximum absolute atomic E-state index is 13.3. The van der Waals surface area contributed by atoms with Gasteiger partial charge < -0.3 is 65.1 Å². The molecule has 88 heavy (non-hydrogen) atoms. The monoisotopic (exact) mass is 1250 g/mol. The molecule has 12 unspecified atom stereocenters. The molecule has 0 bridgehead atoms. The summed E-state index contributed by atoms with van der Waals surface area (Å²) in [5.74, 6) is -0.232.